The van der Waals surface area contributed by atoms with Gasteiger partial charge in [-0.15, -0.1) is 0 Å². The molecule has 0 radical (unpaired) electrons. The Balaban J connectivity index is 2.09. The van der Waals surface area contributed by atoms with Gasteiger partial charge in [0.1, 0.15) is 17.6 Å². The SMILES string of the molecule is CNC(=S)NC(O)C(C)c1c(C(N)=O)c(=O)[nH]c2cc(Cc3ccc(F)cc3)cnc12. The Morgan fingerprint density at radius 3 is 2.61 bits per heavy atom. The van der Waals surface area contributed by atoms with Gasteiger partial charge in [0.15, 0.2) is 5.11 Å². The molecule has 0 spiro atoms. The van der Waals surface area contributed by atoms with Gasteiger partial charge in [-0.05, 0) is 48.0 Å². The number of benzene rings is 1. The fraction of sp³-hybridized carbons (Fsp3) is 0.238. The van der Waals surface area contributed by atoms with Crippen molar-refractivity contribution in [3.05, 3.63) is 75.0 Å². The number of aliphatic hydroxyl groups excluding tert-OH is 1. The molecule has 2 heterocycles. The van der Waals surface area contributed by atoms with E-state index in [1.165, 1.54) is 12.1 Å². The lowest BCUT2D eigenvalue weighted by molar-refractivity contribution is 0.0994. The number of carbonyl (C=O) groups is 1. The van der Waals surface area contributed by atoms with Crippen molar-refractivity contribution in [2.75, 3.05) is 7.05 Å². The molecule has 0 aliphatic rings. The molecular formula is C21H22FN5O3S. The van der Waals surface area contributed by atoms with Crippen LogP contribution in [0.15, 0.2) is 41.3 Å². The average molecular weight is 444 g/mol. The van der Waals surface area contributed by atoms with Crippen LogP contribution >= 0.6 is 12.2 Å². The topological polar surface area (TPSA) is 133 Å². The predicted molar refractivity (Wildman–Crippen MR) is 119 cm³/mol. The number of primary amides is 1. The summed E-state index contributed by atoms with van der Waals surface area (Å²) in [6.07, 6.45) is 0.862. The molecule has 6 N–H and O–H groups in total. The number of nitrogens with zero attached hydrogens (tertiary/aromatic N) is 1. The third-order valence-electron chi connectivity index (χ3n) is 4.95. The molecule has 2 atom stereocenters. The Kier molecular flexibility index (Phi) is 6.62. The van der Waals surface area contributed by atoms with Crippen LogP contribution in [0.25, 0.3) is 11.0 Å². The molecule has 0 aliphatic heterocycles. The number of nitrogens with two attached hydrogens (primary N) is 1. The quantitative estimate of drug-likeness (QED) is 0.286. The molecule has 10 heteroatoms. The number of halogens is 1. The summed E-state index contributed by atoms with van der Waals surface area (Å²) in [6.45, 7) is 1.63. The van der Waals surface area contributed by atoms with Crippen LogP contribution in [0.3, 0.4) is 0 Å². The van der Waals surface area contributed by atoms with E-state index in [0.717, 1.165) is 11.1 Å². The lowest BCUT2D eigenvalue weighted by atomic mass is 9.92. The molecule has 0 fully saturated rings. The van der Waals surface area contributed by atoms with E-state index >= 15 is 0 Å². The van der Waals surface area contributed by atoms with Gasteiger partial charge in [0.05, 0.1) is 11.0 Å². The van der Waals surface area contributed by atoms with Crippen molar-refractivity contribution in [3.8, 4) is 0 Å². The molecule has 0 saturated heterocycles. The van der Waals surface area contributed by atoms with Crippen LogP contribution in [0.1, 0.15) is 39.9 Å². The summed E-state index contributed by atoms with van der Waals surface area (Å²) in [5.74, 6) is -1.99. The Labute approximate surface area is 182 Å². The lowest BCUT2D eigenvalue weighted by Crippen LogP contribution is -2.43. The number of pyridine rings is 2. The minimum atomic E-state index is -1.20. The zero-order valence-corrected chi connectivity index (χ0v) is 17.7. The molecule has 3 aromatic rings. The van der Waals surface area contributed by atoms with E-state index < -0.39 is 23.6 Å². The molecule has 162 valence electrons. The maximum atomic E-state index is 13.1. The van der Waals surface area contributed by atoms with Crippen LogP contribution in [0.4, 0.5) is 4.39 Å². The van der Waals surface area contributed by atoms with Gasteiger partial charge in [0.2, 0.25) is 0 Å². The summed E-state index contributed by atoms with van der Waals surface area (Å²) >= 11 is 5.01. The first-order valence-electron chi connectivity index (χ1n) is 9.46. The zero-order valence-electron chi connectivity index (χ0n) is 16.9. The number of rotatable bonds is 6. The van der Waals surface area contributed by atoms with Crippen LogP contribution in [0.5, 0.6) is 0 Å². The van der Waals surface area contributed by atoms with Crippen molar-refractivity contribution in [3.63, 3.8) is 0 Å². The number of aliphatic hydroxyl groups is 1. The number of hydrogen-bond acceptors (Lipinski definition) is 5. The minimum absolute atomic E-state index is 0.198. The lowest BCUT2D eigenvalue weighted by Gasteiger charge is -2.23. The summed E-state index contributed by atoms with van der Waals surface area (Å²) in [4.78, 5) is 31.8. The van der Waals surface area contributed by atoms with Gasteiger partial charge >= 0.3 is 0 Å². The highest BCUT2D eigenvalue weighted by Crippen LogP contribution is 2.27. The van der Waals surface area contributed by atoms with E-state index in [1.54, 1.807) is 38.4 Å². The smallest absolute Gasteiger partial charge is 0.261 e. The van der Waals surface area contributed by atoms with E-state index in [0.29, 0.717) is 17.5 Å². The minimum Gasteiger partial charge on any atom is -0.373 e. The Morgan fingerprint density at radius 2 is 2.00 bits per heavy atom. The highest BCUT2D eigenvalue weighted by molar-refractivity contribution is 7.80. The van der Waals surface area contributed by atoms with Gasteiger partial charge in [0, 0.05) is 24.7 Å². The Hall–Kier alpha value is -3.37. The summed E-state index contributed by atoms with van der Waals surface area (Å²) in [6, 6.07) is 7.80. The van der Waals surface area contributed by atoms with E-state index in [4.69, 9.17) is 18.0 Å². The number of fused-ring (bicyclic) bond motifs is 1. The van der Waals surface area contributed by atoms with E-state index in [2.05, 4.69) is 20.6 Å². The van der Waals surface area contributed by atoms with Gasteiger partial charge in [-0.2, -0.15) is 0 Å². The molecule has 1 amide bonds. The third-order valence-corrected chi connectivity index (χ3v) is 5.27. The van der Waals surface area contributed by atoms with Crippen LogP contribution < -0.4 is 21.9 Å². The first kappa shape index (κ1) is 22.3. The second-order valence-electron chi connectivity index (χ2n) is 7.11. The number of hydrogen-bond donors (Lipinski definition) is 5. The largest absolute Gasteiger partial charge is 0.373 e. The molecule has 8 nitrogen and oxygen atoms in total. The van der Waals surface area contributed by atoms with Crippen LogP contribution in [0, 0.1) is 5.82 Å². The van der Waals surface area contributed by atoms with E-state index in [1.807, 2.05) is 0 Å². The highest BCUT2D eigenvalue weighted by Gasteiger charge is 2.27. The first-order valence-corrected chi connectivity index (χ1v) is 9.87. The van der Waals surface area contributed by atoms with Crippen LogP contribution in [0.2, 0.25) is 0 Å². The van der Waals surface area contributed by atoms with E-state index in [-0.39, 0.29) is 22.1 Å². The molecular weight excluding hydrogens is 421 g/mol. The van der Waals surface area contributed by atoms with Crippen molar-refractivity contribution in [2.24, 2.45) is 5.73 Å². The molecule has 2 aromatic heterocycles. The van der Waals surface area contributed by atoms with Crippen molar-refractivity contribution in [1.82, 2.24) is 20.6 Å². The Bertz CT molecular complexity index is 1200. The summed E-state index contributed by atoms with van der Waals surface area (Å²) in [5.41, 5.74) is 7.10. The highest BCUT2D eigenvalue weighted by atomic mass is 32.1. The fourth-order valence-corrected chi connectivity index (χ4v) is 3.48. The van der Waals surface area contributed by atoms with Crippen molar-refractivity contribution < 1.29 is 14.3 Å². The maximum absolute atomic E-state index is 13.1. The molecule has 1 aromatic carbocycles. The van der Waals surface area contributed by atoms with Crippen LogP contribution in [-0.2, 0) is 6.42 Å². The number of aromatic amines is 1. The molecule has 31 heavy (non-hydrogen) atoms. The predicted octanol–water partition coefficient (Wildman–Crippen LogP) is 1.27. The van der Waals surface area contributed by atoms with Crippen molar-refractivity contribution >= 4 is 34.3 Å². The first-order chi connectivity index (χ1) is 14.7. The molecule has 2 unspecified atom stereocenters. The number of amides is 1. The maximum Gasteiger partial charge on any atom is 0.261 e. The second kappa shape index (κ2) is 9.19. The molecule has 3 rings (SSSR count). The monoisotopic (exact) mass is 443 g/mol. The number of carbonyl (C=O) groups excluding carboxylic acids is 1. The van der Waals surface area contributed by atoms with Crippen molar-refractivity contribution in [2.45, 2.75) is 25.5 Å². The Morgan fingerprint density at radius 1 is 1.32 bits per heavy atom. The number of nitrogens with one attached hydrogen (secondary N) is 3. The number of thiocarbonyl (C=S) groups is 1. The third kappa shape index (κ3) is 4.86. The van der Waals surface area contributed by atoms with Gasteiger partial charge < -0.3 is 26.5 Å². The van der Waals surface area contributed by atoms with Crippen LogP contribution in [-0.4, -0.2) is 39.4 Å². The molecule has 0 saturated carbocycles. The standard InChI is InChI=1S/C21H22FN5O3S/c1-10(19(29)27-21(31)24-2)15-16(18(23)28)20(30)26-14-8-12(9-25-17(14)15)7-11-3-5-13(22)6-4-11/h3-6,8-10,19,29H,7H2,1-2H3,(H2,23,28)(H,26,30)(H2,24,27,31). The number of aromatic nitrogens is 2. The van der Waals surface area contributed by atoms with Gasteiger partial charge in [-0.25, -0.2) is 4.39 Å². The summed E-state index contributed by atoms with van der Waals surface area (Å²) < 4.78 is 13.1. The summed E-state index contributed by atoms with van der Waals surface area (Å²) in [7, 11) is 1.59. The van der Waals surface area contributed by atoms with E-state index in [9.17, 15) is 19.1 Å². The second-order valence-corrected chi connectivity index (χ2v) is 7.52. The normalized spacial score (nSPS) is 12.9. The van der Waals surface area contributed by atoms with Gasteiger partial charge in [-0.1, -0.05) is 19.1 Å². The summed E-state index contributed by atoms with van der Waals surface area (Å²) in [5, 5.41) is 16.1. The van der Waals surface area contributed by atoms with Gasteiger partial charge in [0.25, 0.3) is 11.5 Å². The average Bonchev–Trinajstić information content (AvgIpc) is 2.73. The van der Waals surface area contributed by atoms with Crippen molar-refractivity contribution in [1.29, 1.82) is 0 Å². The fourth-order valence-electron chi connectivity index (χ4n) is 3.36. The van der Waals surface area contributed by atoms with Gasteiger partial charge in [-0.3, -0.25) is 14.6 Å². The molecule has 0 bridgehead atoms. The molecule has 0 aliphatic carbocycles. The zero-order chi connectivity index (χ0) is 22.7. The number of H-pyrrole nitrogens is 1.